The van der Waals surface area contributed by atoms with E-state index >= 15 is 0 Å². The number of hydrogen-bond acceptors (Lipinski definition) is 1. The highest BCUT2D eigenvalue weighted by Crippen LogP contribution is 2.19. The molecule has 3 nitrogen and oxygen atoms in total. The summed E-state index contributed by atoms with van der Waals surface area (Å²) in [5, 5.41) is 2.92. The zero-order valence-electron chi connectivity index (χ0n) is 12.0. The first kappa shape index (κ1) is 17.3. The third-order valence-electron chi connectivity index (χ3n) is 2.66. The smallest absolute Gasteiger partial charge is 0.357 e. The van der Waals surface area contributed by atoms with E-state index < -0.39 is 12.6 Å². The highest BCUT2D eigenvalue weighted by Gasteiger charge is 2.26. The molecule has 0 amide bonds. The first-order valence-corrected chi connectivity index (χ1v) is 6.62. The van der Waals surface area contributed by atoms with Crippen molar-refractivity contribution in [2.24, 2.45) is 4.99 Å². The molecule has 7 heteroatoms. The van der Waals surface area contributed by atoms with Crippen LogP contribution in [-0.2, 0) is 6.54 Å². The van der Waals surface area contributed by atoms with Gasteiger partial charge in [-0.2, -0.15) is 13.2 Å². The van der Waals surface area contributed by atoms with Crippen LogP contribution in [0.5, 0.6) is 0 Å². The number of halogens is 4. The average Bonchev–Trinajstić information content (AvgIpc) is 2.36. The minimum Gasteiger partial charge on any atom is -0.357 e. The molecule has 0 atom stereocenters. The summed E-state index contributed by atoms with van der Waals surface area (Å²) in [4.78, 5) is 5.60. The van der Waals surface area contributed by atoms with Crippen molar-refractivity contribution in [1.29, 1.82) is 0 Å². The molecule has 1 aromatic rings. The first-order chi connectivity index (χ1) is 9.81. The van der Waals surface area contributed by atoms with E-state index in [4.69, 9.17) is 0 Å². The van der Waals surface area contributed by atoms with Gasteiger partial charge in [0.15, 0.2) is 5.96 Å². The Bertz CT molecular complexity index is 472. The number of nitrogens with zero attached hydrogens (tertiary/aromatic N) is 2. The van der Waals surface area contributed by atoms with Gasteiger partial charge in [0.25, 0.3) is 0 Å². The van der Waals surface area contributed by atoms with E-state index in [0.29, 0.717) is 19.0 Å². The van der Waals surface area contributed by atoms with Gasteiger partial charge in [-0.05, 0) is 24.6 Å². The van der Waals surface area contributed by atoms with Crippen molar-refractivity contribution >= 4 is 5.96 Å². The molecular weight excluding hydrogens is 286 g/mol. The normalized spacial score (nSPS) is 12.4. The van der Waals surface area contributed by atoms with Crippen molar-refractivity contribution in [2.45, 2.75) is 26.1 Å². The third-order valence-corrected chi connectivity index (χ3v) is 2.66. The summed E-state index contributed by atoms with van der Waals surface area (Å²) in [5.41, 5.74) is 0.721. The Labute approximate surface area is 121 Å². The van der Waals surface area contributed by atoms with E-state index in [2.05, 4.69) is 10.3 Å². The van der Waals surface area contributed by atoms with E-state index in [1.165, 1.54) is 12.1 Å². The minimum atomic E-state index is -4.22. The van der Waals surface area contributed by atoms with Crippen LogP contribution < -0.4 is 5.32 Å². The zero-order valence-corrected chi connectivity index (χ0v) is 12.0. The largest absolute Gasteiger partial charge is 0.390 e. The summed E-state index contributed by atoms with van der Waals surface area (Å²) in [6, 6.07) is 6.06. The molecule has 0 unspecified atom stereocenters. The van der Waals surface area contributed by atoms with Crippen LogP contribution in [0.3, 0.4) is 0 Å². The molecule has 1 N–H and O–H groups in total. The lowest BCUT2D eigenvalue weighted by Crippen LogP contribution is -2.38. The summed E-state index contributed by atoms with van der Waals surface area (Å²) in [7, 11) is 1.69. The van der Waals surface area contributed by atoms with Gasteiger partial charge in [-0.3, -0.25) is 4.99 Å². The second kappa shape index (κ2) is 7.85. The number of aliphatic imine (C=N–C) groups is 1. The quantitative estimate of drug-likeness (QED) is 0.514. The van der Waals surface area contributed by atoms with Gasteiger partial charge >= 0.3 is 6.18 Å². The molecule has 1 rings (SSSR count). The van der Waals surface area contributed by atoms with Gasteiger partial charge in [0.1, 0.15) is 5.82 Å². The minimum absolute atomic E-state index is 0.334. The number of guanidine groups is 1. The maximum Gasteiger partial charge on any atom is 0.390 e. The number of benzene rings is 1. The lowest BCUT2D eigenvalue weighted by atomic mass is 10.2. The lowest BCUT2D eigenvalue weighted by Gasteiger charge is -2.22. The van der Waals surface area contributed by atoms with Crippen molar-refractivity contribution in [2.75, 3.05) is 20.1 Å². The summed E-state index contributed by atoms with van der Waals surface area (Å²) < 4.78 is 49.5. The van der Waals surface area contributed by atoms with E-state index in [0.717, 1.165) is 5.56 Å². The van der Waals surface area contributed by atoms with Gasteiger partial charge < -0.3 is 10.2 Å². The number of rotatable bonds is 5. The van der Waals surface area contributed by atoms with Crippen molar-refractivity contribution in [3.05, 3.63) is 35.6 Å². The van der Waals surface area contributed by atoms with Crippen LogP contribution in [0, 0.1) is 5.82 Å². The average molecular weight is 305 g/mol. The number of alkyl halides is 3. The Morgan fingerprint density at radius 2 is 2.05 bits per heavy atom. The molecule has 0 aliphatic heterocycles. The van der Waals surface area contributed by atoms with Gasteiger partial charge in [0, 0.05) is 20.1 Å². The fourth-order valence-electron chi connectivity index (χ4n) is 1.74. The Morgan fingerprint density at radius 1 is 1.33 bits per heavy atom. The SMILES string of the molecule is CCNC(=NCCC(F)(F)F)N(C)Cc1cccc(F)c1. The third kappa shape index (κ3) is 6.97. The van der Waals surface area contributed by atoms with Gasteiger partial charge in [0.05, 0.1) is 13.0 Å². The first-order valence-electron chi connectivity index (χ1n) is 6.62. The van der Waals surface area contributed by atoms with Crippen LogP contribution >= 0.6 is 0 Å². The van der Waals surface area contributed by atoms with Crippen LogP contribution in [0.4, 0.5) is 17.6 Å². The van der Waals surface area contributed by atoms with Gasteiger partial charge in [-0.15, -0.1) is 0 Å². The second-order valence-corrected chi connectivity index (χ2v) is 4.59. The summed E-state index contributed by atoms with van der Waals surface area (Å²) in [5.74, 6) is 0.0194. The molecule has 0 aromatic heterocycles. The summed E-state index contributed by atoms with van der Waals surface area (Å²) in [6.45, 7) is 2.39. The highest BCUT2D eigenvalue weighted by molar-refractivity contribution is 5.79. The van der Waals surface area contributed by atoms with Gasteiger partial charge in [0.2, 0.25) is 0 Å². The van der Waals surface area contributed by atoms with Gasteiger partial charge in [-0.25, -0.2) is 4.39 Å². The molecule has 0 spiro atoms. The number of hydrogen-bond donors (Lipinski definition) is 1. The van der Waals surface area contributed by atoms with Gasteiger partial charge in [-0.1, -0.05) is 12.1 Å². The Hall–Kier alpha value is -1.79. The maximum absolute atomic E-state index is 13.1. The van der Waals surface area contributed by atoms with Crippen molar-refractivity contribution in [3.8, 4) is 0 Å². The molecule has 0 fully saturated rings. The predicted octanol–water partition coefficient (Wildman–Crippen LogP) is 3.18. The monoisotopic (exact) mass is 305 g/mol. The van der Waals surface area contributed by atoms with Crippen molar-refractivity contribution < 1.29 is 17.6 Å². The van der Waals surface area contributed by atoms with E-state index in [9.17, 15) is 17.6 Å². The van der Waals surface area contributed by atoms with Crippen LogP contribution in [0.1, 0.15) is 18.9 Å². The molecule has 0 radical (unpaired) electrons. The molecule has 1 aromatic carbocycles. The van der Waals surface area contributed by atoms with Crippen molar-refractivity contribution in [1.82, 2.24) is 10.2 Å². The van der Waals surface area contributed by atoms with Crippen LogP contribution in [-0.4, -0.2) is 37.2 Å². The summed E-state index contributed by atoms with van der Waals surface area (Å²) in [6.07, 6.45) is -5.18. The fourth-order valence-corrected chi connectivity index (χ4v) is 1.74. The molecule has 0 heterocycles. The molecular formula is C14H19F4N3. The van der Waals surface area contributed by atoms with E-state index in [1.807, 2.05) is 6.92 Å². The lowest BCUT2D eigenvalue weighted by molar-refractivity contribution is -0.132. The highest BCUT2D eigenvalue weighted by atomic mass is 19.4. The fraction of sp³-hybridized carbons (Fsp3) is 0.500. The molecule has 118 valence electrons. The van der Waals surface area contributed by atoms with Crippen LogP contribution in [0.25, 0.3) is 0 Å². The van der Waals surface area contributed by atoms with Crippen molar-refractivity contribution in [3.63, 3.8) is 0 Å². The molecule has 0 saturated heterocycles. The van der Waals surface area contributed by atoms with E-state index in [1.54, 1.807) is 24.1 Å². The Balaban J connectivity index is 2.68. The molecule has 0 aliphatic carbocycles. The molecule has 0 saturated carbocycles. The van der Waals surface area contributed by atoms with E-state index in [-0.39, 0.29) is 12.4 Å². The standard InChI is InChI=1S/C14H19F4N3/c1-3-19-13(20-8-7-14(16,17)18)21(2)10-11-5-4-6-12(15)9-11/h4-6,9H,3,7-8,10H2,1-2H3,(H,19,20). The zero-order chi connectivity index (χ0) is 15.9. The second-order valence-electron chi connectivity index (χ2n) is 4.59. The topological polar surface area (TPSA) is 27.6 Å². The number of nitrogens with one attached hydrogen (secondary N) is 1. The Morgan fingerprint density at radius 3 is 2.62 bits per heavy atom. The molecule has 0 aliphatic rings. The summed E-state index contributed by atoms with van der Waals surface area (Å²) >= 11 is 0. The Kier molecular flexibility index (Phi) is 6.45. The molecule has 0 bridgehead atoms. The van der Waals surface area contributed by atoms with Crippen LogP contribution in [0.15, 0.2) is 29.3 Å². The maximum atomic E-state index is 13.1. The molecule has 21 heavy (non-hydrogen) atoms. The van der Waals surface area contributed by atoms with Crippen LogP contribution in [0.2, 0.25) is 0 Å². The predicted molar refractivity (Wildman–Crippen MR) is 74.5 cm³/mol.